The van der Waals surface area contributed by atoms with Crippen LogP contribution in [0.5, 0.6) is 0 Å². The number of hydrogen-bond acceptors (Lipinski definition) is 6. The number of carbonyl (C=O) groups excluding carboxylic acids is 1. The zero-order valence-corrected chi connectivity index (χ0v) is 18.7. The molecule has 4 rings (SSSR count). The molecule has 162 valence electrons. The second kappa shape index (κ2) is 8.84. The SMILES string of the molecule is CCc1ccc(-n2c(SCC(=O)N[C@@H]3CCS(=O)(=O)C3)nc3ccccc3c2=O)cc1. The summed E-state index contributed by atoms with van der Waals surface area (Å²) in [6.45, 7) is 2.06. The van der Waals surface area contributed by atoms with Crippen molar-refractivity contribution in [2.24, 2.45) is 0 Å². The summed E-state index contributed by atoms with van der Waals surface area (Å²) in [5.41, 5.74) is 2.22. The molecule has 1 aromatic heterocycles. The summed E-state index contributed by atoms with van der Waals surface area (Å²) in [4.78, 5) is 30.3. The van der Waals surface area contributed by atoms with Crippen molar-refractivity contribution in [3.8, 4) is 5.69 Å². The summed E-state index contributed by atoms with van der Waals surface area (Å²) in [6, 6.07) is 14.5. The normalized spacial score (nSPS) is 17.6. The van der Waals surface area contributed by atoms with Gasteiger partial charge in [-0.05, 0) is 42.7 Å². The number of para-hydroxylation sites is 1. The van der Waals surface area contributed by atoms with Crippen LogP contribution < -0.4 is 10.9 Å². The number of carbonyl (C=O) groups is 1. The van der Waals surface area contributed by atoms with Gasteiger partial charge in [0.05, 0.1) is 33.8 Å². The number of amides is 1. The number of fused-ring (bicyclic) bond motifs is 1. The minimum Gasteiger partial charge on any atom is -0.352 e. The fourth-order valence-electron chi connectivity index (χ4n) is 3.63. The van der Waals surface area contributed by atoms with Crippen LogP contribution in [0.1, 0.15) is 18.9 Å². The fourth-order valence-corrected chi connectivity index (χ4v) is 6.12. The van der Waals surface area contributed by atoms with E-state index >= 15 is 0 Å². The van der Waals surface area contributed by atoms with Crippen molar-refractivity contribution in [1.29, 1.82) is 0 Å². The molecule has 9 heteroatoms. The Labute approximate surface area is 184 Å². The van der Waals surface area contributed by atoms with Crippen LogP contribution in [0.2, 0.25) is 0 Å². The Morgan fingerprint density at radius 2 is 1.94 bits per heavy atom. The van der Waals surface area contributed by atoms with Gasteiger partial charge in [0, 0.05) is 6.04 Å². The summed E-state index contributed by atoms with van der Waals surface area (Å²) in [5, 5.41) is 3.70. The molecule has 1 saturated heterocycles. The lowest BCUT2D eigenvalue weighted by Gasteiger charge is -2.14. The highest BCUT2D eigenvalue weighted by Gasteiger charge is 2.29. The Kier molecular flexibility index (Phi) is 6.15. The molecule has 1 aliphatic rings. The first-order chi connectivity index (χ1) is 14.9. The number of aryl methyl sites for hydroxylation is 1. The van der Waals surface area contributed by atoms with Crippen molar-refractivity contribution in [3.63, 3.8) is 0 Å². The molecule has 1 aliphatic heterocycles. The van der Waals surface area contributed by atoms with Gasteiger partial charge in [0.1, 0.15) is 0 Å². The van der Waals surface area contributed by atoms with Gasteiger partial charge in [0.25, 0.3) is 5.56 Å². The molecule has 1 atom stereocenters. The molecule has 3 aromatic rings. The van der Waals surface area contributed by atoms with Gasteiger partial charge in [0.2, 0.25) is 5.91 Å². The Balaban J connectivity index is 1.62. The van der Waals surface area contributed by atoms with Crippen LogP contribution >= 0.6 is 11.8 Å². The zero-order chi connectivity index (χ0) is 22.0. The largest absolute Gasteiger partial charge is 0.352 e. The lowest BCUT2D eigenvalue weighted by atomic mass is 10.1. The number of thioether (sulfide) groups is 1. The Morgan fingerprint density at radius 3 is 2.61 bits per heavy atom. The van der Waals surface area contributed by atoms with Crippen molar-refractivity contribution in [3.05, 3.63) is 64.4 Å². The minimum absolute atomic E-state index is 0.0217. The van der Waals surface area contributed by atoms with Gasteiger partial charge < -0.3 is 5.32 Å². The van der Waals surface area contributed by atoms with Crippen LogP contribution in [0.4, 0.5) is 0 Å². The molecular formula is C22H23N3O4S2. The van der Waals surface area contributed by atoms with Crippen LogP contribution in [0.3, 0.4) is 0 Å². The predicted octanol–water partition coefficient (Wildman–Crippen LogP) is 2.34. The highest BCUT2D eigenvalue weighted by atomic mass is 32.2. The van der Waals surface area contributed by atoms with E-state index in [2.05, 4.69) is 17.2 Å². The van der Waals surface area contributed by atoms with Gasteiger partial charge in [-0.1, -0.05) is 43.0 Å². The molecule has 1 amide bonds. The predicted molar refractivity (Wildman–Crippen MR) is 123 cm³/mol. The highest BCUT2D eigenvalue weighted by molar-refractivity contribution is 7.99. The number of aromatic nitrogens is 2. The first-order valence-corrected chi connectivity index (χ1v) is 12.9. The maximum absolute atomic E-state index is 13.2. The molecule has 1 N–H and O–H groups in total. The quantitative estimate of drug-likeness (QED) is 0.451. The number of nitrogens with one attached hydrogen (secondary N) is 1. The van der Waals surface area contributed by atoms with Crippen LogP contribution in [0, 0.1) is 0 Å². The van der Waals surface area contributed by atoms with Crippen LogP contribution in [-0.4, -0.2) is 47.2 Å². The van der Waals surface area contributed by atoms with Crippen molar-refractivity contribution >= 4 is 38.4 Å². The summed E-state index contributed by atoms with van der Waals surface area (Å²) in [7, 11) is -3.07. The minimum atomic E-state index is -3.07. The number of benzene rings is 2. The molecule has 0 radical (unpaired) electrons. The van der Waals surface area contributed by atoms with Gasteiger partial charge in [-0.25, -0.2) is 13.4 Å². The van der Waals surface area contributed by atoms with E-state index in [1.807, 2.05) is 30.3 Å². The summed E-state index contributed by atoms with van der Waals surface area (Å²) in [5.74, 6) is -0.159. The van der Waals surface area contributed by atoms with E-state index in [4.69, 9.17) is 0 Å². The van der Waals surface area contributed by atoms with E-state index in [0.717, 1.165) is 23.7 Å². The topological polar surface area (TPSA) is 98.1 Å². The third-order valence-electron chi connectivity index (χ3n) is 5.28. The Morgan fingerprint density at radius 1 is 1.19 bits per heavy atom. The summed E-state index contributed by atoms with van der Waals surface area (Å²) < 4.78 is 24.7. The van der Waals surface area contributed by atoms with Gasteiger partial charge >= 0.3 is 0 Å². The first-order valence-electron chi connectivity index (χ1n) is 10.1. The average molecular weight is 458 g/mol. The van der Waals surface area contributed by atoms with Crippen molar-refractivity contribution < 1.29 is 13.2 Å². The van der Waals surface area contributed by atoms with E-state index < -0.39 is 9.84 Å². The Bertz CT molecular complexity index is 1280. The van der Waals surface area contributed by atoms with Crippen LogP contribution in [0.15, 0.2) is 58.5 Å². The lowest BCUT2D eigenvalue weighted by molar-refractivity contribution is -0.119. The van der Waals surface area contributed by atoms with E-state index in [0.29, 0.717) is 28.2 Å². The molecule has 2 aromatic carbocycles. The van der Waals surface area contributed by atoms with E-state index in [1.165, 1.54) is 4.57 Å². The summed E-state index contributed by atoms with van der Waals surface area (Å²) >= 11 is 1.16. The number of nitrogens with zero attached hydrogens (tertiary/aromatic N) is 2. The molecular weight excluding hydrogens is 434 g/mol. The van der Waals surface area contributed by atoms with Crippen LogP contribution in [0.25, 0.3) is 16.6 Å². The van der Waals surface area contributed by atoms with Gasteiger partial charge in [-0.15, -0.1) is 0 Å². The number of sulfone groups is 1. The van der Waals surface area contributed by atoms with E-state index in [-0.39, 0.29) is 34.8 Å². The molecule has 1 fully saturated rings. The Hall–Kier alpha value is -2.65. The zero-order valence-electron chi connectivity index (χ0n) is 17.1. The third kappa shape index (κ3) is 4.83. The molecule has 0 aliphatic carbocycles. The van der Waals surface area contributed by atoms with Crippen LogP contribution in [-0.2, 0) is 21.1 Å². The fraction of sp³-hybridized carbons (Fsp3) is 0.318. The molecule has 31 heavy (non-hydrogen) atoms. The maximum atomic E-state index is 13.2. The van der Waals surface area contributed by atoms with E-state index in [9.17, 15) is 18.0 Å². The second-order valence-electron chi connectivity index (χ2n) is 7.53. The van der Waals surface area contributed by atoms with Gasteiger partial charge in [-0.2, -0.15) is 0 Å². The molecule has 0 bridgehead atoms. The smallest absolute Gasteiger partial charge is 0.266 e. The third-order valence-corrected chi connectivity index (χ3v) is 7.98. The van der Waals surface area contributed by atoms with Gasteiger partial charge in [0.15, 0.2) is 15.0 Å². The standard InChI is InChI=1S/C22H23N3O4S2/c1-2-15-7-9-17(10-8-15)25-21(27)18-5-3-4-6-19(18)24-22(25)30-13-20(26)23-16-11-12-31(28,29)14-16/h3-10,16H,2,11-14H2,1H3,(H,23,26)/t16-/m1/s1. The van der Waals surface area contributed by atoms with Crippen molar-refractivity contribution in [2.45, 2.75) is 31.0 Å². The maximum Gasteiger partial charge on any atom is 0.266 e. The molecule has 2 heterocycles. The van der Waals surface area contributed by atoms with Crippen molar-refractivity contribution in [2.75, 3.05) is 17.3 Å². The molecule has 0 saturated carbocycles. The average Bonchev–Trinajstić information content (AvgIpc) is 3.10. The number of rotatable bonds is 6. The molecule has 0 unspecified atom stereocenters. The van der Waals surface area contributed by atoms with E-state index in [1.54, 1.807) is 18.2 Å². The second-order valence-corrected chi connectivity index (χ2v) is 10.7. The lowest BCUT2D eigenvalue weighted by Crippen LogP contribution is -2.36. The first kappa shape index (κ1) is 21.6. The summed E-state index contributed by atoms with van der Waals surface area (Å²) in [6.07, 6.45) is 1.32. The van der Waals surface area contributed by atoms with Gasteiger partial charge in [-0.3, -0.25) is 14.2 Å². The molecule has 0 spiro atoms. The highest BCUT2D eigenvalue weighted by Crippen LogP contribution is 2.22. The number of hydrogen-bond donors (Lipinski definition) is 1. The molecule has 7 nitrogen and oxygen atoms in total. The van der Waals surface area contributed by atoms with Crippen molar-refractivity contribution in [1.82, 2.24) is 14.9 Å². The monoisotopic (exact) mass is 457 g/mol.